The zero-order valence-electron chi connectivity index (χ0n) is 9.01. The Morgan fingerprint density at radius 2 is 1.76 bits per heavy atom. The van der Waals surface area contributed by atoms with Gasteiger partial charge in [-0.15, -0.1) is 0 Å². The first-order valence-corrected chi connectivity index (χ1v) is 6.12. The zero-order valence-corrected chi connectivity index (χ0v) is 9.83. The van der Waals surface area contributed by atoms with E-state index in [1.165, 1.54) is 4.90 Å². The third-order valence-electron chi connectivity index (χ3n) is 2.53. The summed E-state index contributed by atoms with van der Waals surface area (Å²) in [5, 5.41) is 0.154. The summed E-state index contributed by atoms with van der Waals surface area (Å²) in [6.45, 7) is 2.59. The minimum Gasteiger partial charge on any atom is -0.365 e. The molecule has 0 aromatic carbocycles. The van der Waals surface area contributed by atoms with Gasteiger partial charge in [-0.3, -0.25) is 0 Å². The van der Waals surface area contributed by atoms with Crippen LogP contribution >= 0.6 is 11.8 Å². The summed E-state index contributed by atoms with van der Waals surface area (Å²) in [4.78, 5) is 3.85. The van der Waals surface area contributed by atoms with Gasteiger partial charge in [-0.25, -0.2) is 0 Å². The second-order valence-corrected chi connectivity index (χ2v) is 5.34. The third-order valence-corrected chi connectivity index (χ3v) is 3.67. The lowest BCUT2D eigenvalue weighted by atomic mass is 10.3. The number of anilines is 1. The number of pyridine rings is 1. The van der Waals surface area contributed by atoms with E-state index >= 15 is 0 Å². The van der Waals surface area contributed by atoms with Gasteiger partial charge in [0, 0.05) is 24.1 Å². The van der Waals surface area contributed by atoms with E-state index in [2.05, 4.69) is 4.98 Å². The molecule has 0 bridgehead atoms. The highest BCUT2D eigenvalue weighted by Gasteiger charge is 2.28. The van der Waals surface area contributed by atoms with Crippen LogP contribution in [0, 0.1) is 23.5 Å². The van der Waals surface area contributed by atoms with E-state index in [-0.39, 0.29) is 5.25 Å². The maximum Gasteiger partial charge on any atom is 0.253 e. The number of rotatable bonds is 1. The number of thioether (sulfide) groups is 1. The molecule has 0 N–H and O–H groups in total. The lowest BCUT2D eigenvalue weighted by Gasteiger charge is -2.32. The van der Waals surface area contributed by atoms with E-state index in [1.54, 1.807) is 11.8 Å². The molecule has 0 radical (unpaired) electrons. The van der Waals surface area contributed by atoms with Gasteiger partial charge in [0.25, 0.3) is 11.9 Å². The molecular formula is C10H10F4N2S. The Kier molecular flexibility index (Phi) is 3.46. The summed E-state index contributed by atoms with van der Waals surface area (Å²) >= 11 is 1.65. The van der Waals surface area contributed by atoms with Crippen LogP contribution in [0.4, 0.5) is 23.2 Å². The van der Waals surface area contributed by atoms with Crippen molar-refractivity contribution in [3.63, 3.8) is 0 Å². The quantitative estimate of drug-likeness (QED) is 0.574. The van der Waals surface area contributed by atoms with Crippen LogP contribution in [0.15, 0.2) is 0 Å². The predicted octanol–water partition coefficient (Wildman–Crippen LogP) is 2.58. The second kappa shape index (κ2) is 4.72. The molecule has 2 rings (SSSR count). The first-order valence-electron chi connectivity index (χ1n) is 5.07. The Morgan fingerprint density at radius 3 is 2.29 bits per heavy atom. The Bertz CT molecular complexity index is 415. The highest BCUT2D eigenvalue weighted by Crippen LogP contribution is 2.30. The topological polar surface area (TPSA) is 16.1 Å². The zero-order chi connectivity index (χ0) is 12.6. The van der Waals surface area contributed by atoms with Gasteiger partial charge >= 0.3 is 0 Å². The van der Waals surface area contributed by atoms with Crippen molar-refractivity contribution in [1.29, 1.82) is 0 Å². The lowest BCUT2D eigenvalue weighted by molar-refractivity contribution is 0.405. The molecule has 1 aromatic rings. The summed E-state index contributed by atoms with van der Waals surface area (Å²) in [6.07, 6.45) is 0. The summed E-state index contributed by atoms with van der Waals surface area (Å²) in [5.74, 6) is -5.41. The van der Waals surface area contributed by atoms with Crippen LogP contribution in [-0.4, -0.2) is 29.1 Å². The molecule has 1 atom stereocenters. The van der Waals surface area contributed by atoms with Gasteiger partial charge in [0.1, 0.15) is 5.69 Å². The molecule has 1 aromatic heterocycles. The summed E-state index contributed by atoms with van der Waals surface area (Å²) in [5.41, 5.74) is -0.651. The average molecular weight is 266 g/mol. The third kappa shape index (κ3) is 2.34. The van der Waals surface area contributed by atoms with Gasteiger partial charge in [-0.2, -0.15) is 34.3 Å². The van der Waals surface area contributed by atoms with E-state index in [0.717, 1.165) is 0 Å². The van der Waals surface area contributed by atoms with Gasteiger partial charge in [0.05, 0.1) is 0 Å². The first-order chi connectivity index (χ1) is 8.00. The van der Waals surface area contributed by atoms with E-state index in [1.807, 2.05) is 6.92 Å². The van der Waals surface area contributed by atoms with E-state index in [4.69, 9.17) is 0 Å². The molecule has 1 aliphatic rings. The van der Waals surface area contributed by atoms with Gasteiger partial charge in [-0.05, 0) is 0 Å². The molecule has 1 saturated heterocycles. The molecule has 0 aliphatic carbocycles. The van der Waals surface area contributed by atoms with Crippen molar-refractivity contribution in [3.05, 3.63) is 23.5 Å². The minimum atomic E-state index is -1.61. The van der Waals surface area contributed by atoms with Crippen molar-refractivity contribution in [2.24, 2.45) is 0 Å². The van der Waals surface area contributed by atoms with E-state index in [9.17, 15) is 17.6 Å². The van der Waals surface area contributed by atoms with Crippen LogP contribution in [0.25, 0.3) is 0 Å². The molecule has 17 heavy (non-hydrogen) atoms. The van der Waals surface area contributed by atoms with Gasteiger partial charge < -0.3 is 4.90 Å². The van der Waals surface area contributed by atoms with Gasteiger partial charge in [-0.1, -0.05) is 6.92 Å². The number of hydrogen-bond donors (Lipinski definition) is 0. The average Bonchev–Trinajstić information content (AvgIpc) is 2.27. The molecule has 1 fully saturated rings. The largest absolute Gasteiger partial charge is 0.365 e. The van der Waals surface area contributed by atoms with E-state index < -0.39 is 29.2 Å². The van der Waals surface area contributed by atoms with E-state index in [0.29, 0.717) is 18.8 Å². The number of nitrogens with zero attached hydrogens (tertiary/aromatic N) is 2. The van der Waals surface area contributed by atoms with Gasteiger partial charge in [0.15, 0.2) is 0 Å². The molecule has 2 heterocycles. The molecule has 0 amide bonds. The molecule has 0 saturated carbocycles. The molecule has 7 heteroatoms. The fraction of sp³-hybridized carbons (Fsp3) is 0.500. The highest BCUT2D eigenvalue weighted by atomic mass is 32.2. The molecule has 0 spiro atoms. The SMILES string of the molecule is CC1CN(c2c(F)c(F)nc(F)c2F)CCS1. The smallest absolute Gasteiger partial charge is 0.253 e. The Balaban J connectivity index is 2.43. The van der Waals surface area contributed by atoms with Crippen LogP contribution in [0.3, 0.4) is 0 Å². The Hall–Kier alpha value is -0.980. The minimum absolute atomic E-state index is 0.154. The molecule has 94 valence electrons. The number of aromatic nitrogens is 1. The maximum absolute atomic E-state index is 13.5. The van der Waals surface area contributed by atoms with Crippen LogP contribution < -0.4 is 4.90 Å². The predicted molar refractivity (Wildman–Crippen MR) is 58.2 cm³/mol. The van der Waals surface area contributed by atoms with Crippen molar-refractivity contribution < 1.29 is 17.6 Å². The molecular weight excluding hydrogens is 256 g/mol. The summed E-state index contributed by atoms with van der Waals surface area (Å²) in [6, 6.07) is 0. The van der Waals surface area contributed by atoms with Crippen molar-refractivity contribution in [1.82, 2.24) is 4.98 Å². The van der Waals surface area contributed by atoms with Crippen LogP contribution in [0.1, 0.15) is 6.92 Å². The van der Waals surface area contributed by atoms with Crippen molar-refractivity contribution in [2.75, 3.05) is 23.7 Å². The lowest BCUT2D eigenvalue weighted by Crippen LogP contribution is -2.38. The fourth-order valence-corrected chi connectivity index (χ4v) is 2.79. The Labute approximate surface area is 100 Å². The van der Waals surface area contributed by atoms with Crippen molar-refractivity contribution >= 4 is 17.4 Å². The van der Waals surface area contributed by atoms with Crippen molar-refractivity contribution in [2.45, 2.75) is 12.2 Å². The summed E-state index contributed by atoms with van der Waals surface area (Å²) < 4.78 is 52.8. The Morgan fingerprint density at radius 1 is 1.18 bits per heavy atom. The fourth-order valence-electron chi connectivity index (χ4n) is 1.78. The van der Waals surface area contributed by atoms with Crippen molar-refractivity contribution in [3.8, 4) is 0 Å². The maximum atomic E-state index is 13.5. The monoisotopic (exact) mass is 266 g/mol. The van der Waals surface area contributed by atoms with Gasteiger partial charge in [0.2, 0.25) is 11.6 Å². The van der Waals surface area contributed by atoms with Crippen LogP contribution in [-0.2, 0) is 0 Å². The standard InChI is InChI=1S/C10H10F4N2S/c1-5-4-16(2-3-17-5)8-6(11)9(13)15-10(14)7(8)12/h5H,2-4H2,1H3. The normalized spacial score (nSPS) is 20.8. The second-order valence-electron chi connectivity index (χ2n) is 3.80. The molecule has 1 aliphatic heterocycles. The van der Waals surface area contributed by atoms with Crippen LogP contribution in [0.5, 0.6) is 0 Å². The molecule has 2 nitrogen and oxygen atoms in total. The van der Waals surface area contributed by atoms with Crippen LogP contribution in [0.2, 0.25) is 0 Å². The first kappa shape index (κ1) is 12.5. The molecule has 1 unspecified atom stereocenters. The summed E-state index contributed by atoms with van der Waals surface area (Å²) in [7, 11) is 0. The number of halogens is 4. The highest BCUT2D eigenvalue weighted by molar-refractivity contribution is 8.00. The number of hydrogen-bond acceptors (Lipinski definition) is 3.